The SMILES string of the molecule is Cc1nn(C2CCCCC2)c2sc(C(=O)NC3CCC(NC(=O)OC(C)(C)C)CC3)cc12. The molecule has 32 heavy (non-hydrogen) atoms. The van der Waals surface area contributed by atoms with Crippen molar-refractivity contribution in [3.05, 3.63) is 16.6 Å². The van der Waals surface area contributed by atoms with Crippen molar-refractivity contribution in [1.29, 1.82) is 0 Å². The number of hydrogen-bond donors (Lipinski definition) is 2. The maximum atomic E-state index is 13.0. The molecule has 2 aliphatic rings. The van der Waals surface area contributed by atoms with E-state index in [1.165, 1.54) is 32.1 Å². The van der Waals surface area contributed by atoms with Crippen LogP contribution in [-0.4, -0.2) is 39.5 Å². The van der Waals surface area contributed by atoms with Crippen molar-refractivity contribution in [3.8, 4) is 0 Å². The van der Waals surface area contributed by atoms with Gasteiger partial charge in [0.25, 0.3) is 5.91 Å². The molecule has 176 valence electrons. The number of amides is 2. The van der Waals surface area contributed by atoms with E-state index in [9.17, 15) is 9.59 Å². The minimum atomic E-state index is -0.494. The molecule has 2 aromatic rings. The first-order valence-corrected chi connectivity index (χ1v) is 12.8. The molecule has 0 saturated heterocycles. The van der Waals surface area contributed by atoms with Gasteiger partial charge in [0, 0.05) is 17.5 Å². The highest BCUT2D eigenvalue weighted by atomic mass is 32.1. The van der Waals surface area contributed by atoms with E-state index < -0.39 is 5.60 Å². The summed E-state index contributed by atoms with van der Waals surface area (Å²) in [5, 5.41) is 12.1. The number of thiophene rings is 1. The molecule has 2 amide bonds. The van der Waals surface area contributed by atoms with E-state index in [0.29, 0.717) is 6.04 Å². The molecule has 2 N–H and O–H groups in total. The first kappa shape index (κ1) is 23.1. The second-order valence-corrected chi connectivity index (χ2v) is 11.4. The molecular formula is C24H36N4O3S. The summed E-state index contributed by atoms with van der Waals surface area (Å²) in [5.41, 5.74) is 0.515. The van der Waals surface area contributed by atoms with E-state index in [1.807, 2.05) is 33.8 Å². The standard InChI is InChI=1S/C24H36N4O3S/c1-15-19-14-20(32-22(19)28(27-15)18-8-6-5-7-9-18)21(29)25-16-10-12-17(13-11-16)26-23(30)31-24(2,3)4/h14,16-18H,5-13H2,1-4H3,(H,25,29)(H,26,30). The predicted molar refractivity (Wildman–Crippen MR) is 127 cm³/mol. The van der Waals surface area contributed by atoms with Gasteiger partial charge in [0.1, 0.15) is 10.4 Å². The molecule has 2 aromatic heterocycles. The zero-order valence-electron chi connectivity index (χ0n) is 19.7. The van der Waals surface area contributed by atoms with Gasteiger partial charge in [0.15, 0.2) is 0 Å². The van der Waals surface area contributed by atoms with Crippen molar-refractivity contribution in [2.24, 2.45) is 0 Å². The van der Waals surface area contributed by atoms with Crippen LogP contribution in [0.15, 0.2) is 6.07 Å². The van der Waals surface area contributed by atoms with Gasteiger partial charge < -0.3 is 15.4 Å². The second-order valence-electron chi connectivity index (χ2n) is 10.3. The fourth-order valence-corrected chi connectivity index (χ4v) is 6.01. The Morgan fingerprint density at radius 1 is 1.03 bits per heavy atom. The summed E-state index contributed by atoms with van der Waals surface area (Å²) in [5.74, 6) is 0.00402. The molecule has 0 bridgehead atoms. The van der Waals surface area contributed by atoms with Gasteiger partial charge in [-0.2, -0.15) is 5.10 Å². The van der Waals surface area contributed by atoms with Gasteiger partial charge in [-0.25, -0.2) is 4.79 Å². The molecule has 8 heteroatoms. The topological polar surface area (TPSA) is 85.3 Å². The molecule has 2 heterocycles. The third-order valence-electron chi connectivity index (χ3n) is 6.50. The van der Waals surface area contributed by atoms with Crippen molar-refractivity contribution in [2.75, 3.05) is 0 Å². The number of fused-ring (bicyclic) bond motifs is 1. The first-order valence-electron chi connectivity index (χ1n) is 12.0. The Kier molecular flexibility index (Phi) is 6.79. The molecule has 0 spiro atoms. The number of rotatable bonds is 4. The minimum Gasteiger partial charge on any atom is -0.444 e. The molecule has 2 fully saturated rings. The fraction of sp³-hybridized carbons (Fsp3) is 0.708. The molecular weight excluding hydrogens is 424 g/mol. The van der Waals surface area contributed by atoms with E-state index >= 15 is 0 Å². The summed E-state index contributed by atoms with van der Waals surface area (Å²) in [6, 6.07) is 2.71. The van der Waals surface area contributed by atoms with Crippen LogP contribution in [0.1, 0.15) is 100.0 Å². The van der Waals surface area contributed by atoms with Gasteiger partial charge in [0.05, 0.1) is 16.6 Å². The summed E-state index contributed by atoms with van der Waals surface area (Å²) in [6.07, 6.45) is 9.21. The highest BCUT2D eigenvalue weighted by molar-refractivity contribution is 7.20. The fourth-order valence-electron chi connectivity index (χ4n) is 4.87. The van der Waals surface area contributed by atoms with E-state index in [1.54, 1.807) is 11.3 Å². The van der Waals surface area contributed by atoms with Crippen molar-refractivity contribution >= 4 is 33.6 Å². The van der Waals surface area contributed by atoms with Crippen LogP contribution in [0.4, 0.5) is 4.79 Å². The van der Waals surface area contributed by atoms with Crippen LogP contribution in [0.5, 0.6) is 0 Å². The first-order chi connectivity index (χ1) is 15.2. The number of nitrogens with zero attached hydrogens (tertiary/aromatic N) is 2. The van der Waals surface area contributed by atoms with Crippen molar-refractivity contribution in [1.82, 2.24) is 20.4 Å². The quantitative estimate of drug-likeness (QED) is 0.633. The van der Waals surface area contributed by atoms with Gasteiger partial charge in [0.2, 0.25) is 0 Å². The van der Waals surface area contributed by atoms with Crippen molar-refractivity contribution in [2.45, 2.75) is 109 Å². The zero-order valence-corrected chi connectivity index (χ0v) is 20.5. The Bertz CT molecular complexity index is 960. The maximum absolute atomic E-state index is 13.0. The number of nitrogens with one attached hydrogen (secondary N) is 2. The number of carbonyl (C=O) groups is 2. The lowest BCUT2D eigenvalue weighted by atomic mass is 9.91. The van der Waals surface area contributed by atoms with Gasteiger partial charge in [-0.05, 0) is 72.3 Å². The van der Waals surface area contributed by atoms with Crippen LogP contribution in [-0.2, 0) is 4.74 Å². The largest absolute Gasteiger partial charge is 0.444 e. The monoisotopic (exact) mass is 460 g/mol. The molecule has 0 atom stereocenters. The molecule has 0 aliphatic heterocycles. The van der Waals surface area contributed by atoms with Gasteiger partial charge in [-0.1, -0.05) is 19.3 Å². The van der Waals surface area contributed by atoms with Gasteiger partial charge in [-0.15, -0.1) is 11.3 Å². The molecule has 0 unspecified atom stereocenters. The Morgan fingerprint density at radius 3 is 2.28 bits per heavy atom. The van der Waals surface area contributed by atoms with Crippen LogP contribution in [0, 0.1) is 6.92 Å². The molecule has 4 rings (SSSR count). The summed E-state index contributed by atoms with van der Waals surface area (Å²) in [7, 11) is 0. The van der Waals surface area contributed by atoms with Crippen LogP contribution in [0.2, 0.25) is 0 Å². The van der Waals surface area contributed by atoms with Gasteiger partial charge in [-0.3, -0.25) is 9.48 Å². The Hall–Kier alpha value is -2.09. The average Bonchev–Trinajstić information content (AvgIpc) is 3.29. The van der Waals surface area contributed by atoms with Crippen LogP contribution >= 0.6 is 11.3 Å². The summed E-state index contributed by atoms with van der Waals surface area (Å²) >= 11 is 1.56. The predicted octanol–water partition coefficient (Wildman–Crippen LogP) is 5.48. The van der Waals surface area contributed by atoms with E-state index in [4.69, 9.17) is 9.84 Å². The molecule has 2 aliphatic carbocycles. The van der Waals surface area contributed by atoms with E-state index in [2.05, 4.69) is 15.3 Å². The number of aryl methyl sites for hydroxylation is 1. The highest BCUT2D eigenvalue weighted by Gasteiger charge is 2.27. The normalized spacial score (nSPS) is 22.6. The third kappa shape index (κ3) is 5.45. The van der Waals surface area contributed by atoms with Crippen molar-refractivity contribution < 1.29 is 14.3 Å². The average molecular weight is 461 g/mol. The summed E-state index contributed by atoms with van der Waals surface area (Å²) < 4.78 is 7.53. The van der Waals surface area contributed by atoms with Crippen LogP contribution in [0.3, 0.4) is 0 Å². The minimum absolute atomic E-state index is 0.00402. The lowest BCUT2D eigenvalue weighted by Gasteiger charge is -2.30. The number of ether oxygens (including phenoxy) is 1. The van der Waals surface area contributed by atoms with E-state index in [-0.39, 0.29) is 24.1 Å². The number of hydrogen-bond acceptors (Lipinski definition) is 5. The summed E-state index contributed by atoms with van der Waals surface area (Å²) in [6.45, 7) is 7.62. The smallest absolute Gasteiger partial charge is 0.407 e. The highest BCUT2D eigenvalue weighted by Crippen LogP contribution is 2.35. The number of carbonyl (C=O) groups excluding carboxylic acids is 2. The Balaban J connectivity index is 1.33. The summed E-state index contributed by atoms with van der Waals surface area (Å²) in [4.78, 5) is 26.9. The van der Waals surface area contributed by atoms with Crippen LogP contribution < -0.4 is 10.6 Å². The Morgan fingerprint density at radius 2 is 1.66 bits per heavy atom. The maximum Gasteiger partial charge on any atom is 0.407 e. The molecule has 0 radical (unpaired) electrons. The van der Waals surface area contributed by atoms with Gasteiger partial charge >= 0.3 is 6.09 Å². The second kappa shape index (κ2) is 9.41. The molecule has 0 aromatic carbocycles. The lowest BCUT2D eigenvalue weighted by Crippen LogP contribution is -2.45. The Labute approximate surface area is 194 Å². The third-order valence-corrected chi connectivity index (χ3v) is 7.62. The lowest BCUT2D eigenvalue weighted by molar-refractivity contribution is 0.0488. The number of alkyl carbamates (subject to hydrolysis) is 1. The number of aromatic nitrogens is 2. The molecule has 7 nitrogen and oxygen atoms in total. The molecule has 2 saturated carbocycles. The van der Waals surface area contributed by atoms with Crippen molar-refractivity contribution in [3.63, 3.8) is 0 Å². The van der Waals surface area contributed by atoms with Crippen LogP contribution in [0.25, 0.3) is 10.2 Å². The van der Waals surface area contributed by atoms with E-state index in [0.717, 1.165) is 46.5 Å². The zero-order chi connectivity index (χ0) is 22.9.